The Morgan fingerprint density at radius 3 is 2.79 bits per heavy atom. The van der Waals surface area contributed by atoms with Gasteiger partial charge in [-0.25, -0.2) is 4.39 Å². The van der Waals surface area contributed by atoms with Crippen molar-refractivity contribution < 1.29 is 13.7 Å². The molecule has 2 heterocycles. The monoisotopic (exact) mass is 331 g/mol. The Balaban J connectivity index is 1.81. The molecule has 0 saturated carbocycles. The SMILES string of the molecule is CC(C)CC(=O)N1CCCC[C@H]1c1nc(-c2ccc(F)cc2)no1. The van der Waals surface area contributed by atoms with Gasteiger partial charge < -0.3 is 9.42 Å². The zero-order chi connectivity index (χ0) is 17.1. The van der Waals surface area contributed by atoms with Crippen LogP contribution >= 0.6 is 0 Å². The molecule has 1 aromatic heterocycles. The molecule has 1 fully saturated rings. The molecule has 6 heteroatoms. The molecule has 0 bridgehead atoms. The predicted octanol–water partition coefficient (Wildman–Crippen LogP) is 3.98. The van der Waals surface area contributed by atoms with Crippen molar-refractivity contribution in [2.75, 3.05) is 6.54 Å². The number of amides is 1. The minimum atomic E-state index is -0.305. The zero-order valence-electron chi connectivity index (χ0n) is 14.0. The van der Waals surface area contributed by atoms with Gasteiger partial charge in [-0.1, -0.05) is 19.0 Å². The first-order valence-corrected chi connectivity index (χ1v) is 8.43. The van der Waals surface area contributed by atoms with E-state index in [1.54, 1.807) is 12.1 Å². The van der Waals surface area contributed by atoms with E-state index in [4.69, 9.17) is 4.52 Å². The summed E-state index contributed by atoms with van der Waals surface area (Å²) in [4.78, 5) is 18.8. The Kier molecular flexibility index (Phi) is 4.92. The maximum absolute atomic E-state index is 13.0. The standard InChI is InChI=1S/C18H22FN3O2/c1-12(2)11-16(23)22-10-4-3-5-15(22)18-20-17(21-24-18)13-6-8-14(19)9-7-13/h6-9,12,15H,3-5,10-11H2,1-2H3/t15-/m0/s1. The van der Waals surface area contributed by atoms with Crippen LogP contribution in [0.25, 0.3) is 11.4 Å². The summed E-state index contributed by atoms with van der Waals surface area (Å²) in [6.07, 6.45) is 3.38. The Morgan fingerprint density at radius 2 is 2.08 bits per heavy atom. The molecule has 1 amide bonds. The molecule has 2 aromatic rings. The number of rotatable bonds is 4. The lowest BCUT2D eigenvalue weighted by Gasteiger charge is -2.33. The predicted molar refractivity (Wildman–Crippen MR) is 87.5 cm³/mol. The highest BCUT2D eigenvalue weighted by molar-refractivity contribution is 5.77. The van der Waals surface area contributed by atoms with Gasteiger partial charge in [0.1, 0.15) is 11.9 Å². The summed E-state index contributed by atoms with van der Waals surface area (Å²) in [5, 5.41) is 4.00. The molecule has 0 N–H and O–H groups in total. The second-order valence-corrected chi connectivity index (χ2v) is 6.66. The summed E-state index contributed by atoms with van der Waals surface area (Å²) in [5.41, 5.74) is 0.697. The van der Waals surface area contributed by atoms with Crippen molar-refractivity contribution in [2.45, 2.75) is 45.6 Å². The molecule has 0 spiro atoms. The number of carbonyl (C=O) groups excluding carboxylic acids is 1. The summed E-state index contributed by atoms with van der Waals surface area (Å²) >= 11 is 0. The van der Waals surface area contributed by atoms with Crippen molar-refractivity contribution in [1.29, 1.82) is 0 Å². The Hall–Kier alpha value is -2.24. The van der Waals surface area contributed by atoms with Crippen LogP contribution in [0.15, 0.2) is 28.8 Å². The Morgan fingerprint density at radius 1 is 1.33 bits per heavy atom. The van der Waals surface area contributed by atoms with Gasteiger partial charge in [-0.15, -0.1) is 0 Å². The number of benzene rings is 1. The van der Waals surface area contributed by atoms with Crippen LogP contribution in [0.1, 0.15) is 51.5 Å². The van der Waals surface area contributed by atoms with Gasteiger partial charge in [0.25, 0.3) is 0 Å². The van der Waals surface area contributed by atoms with Crippen molar-refractivity contribution >= 4 is 5.91 Å². The number of halogens is 1. The van der Waals surface area contributed by atoms with Crippen molar-refractivity contribution in [3.05, 3.63) is 36.0 Å². The van der Waals surface area contributed by atoms with Gasteiger partial charge in [-0.05, 0) is 49.4 Å². The van der Waals surface area contributed by atoms with Crippen LogP contribution < -0.4 is 0 Å². The molecule has 1 aliphatic rings. The average molecular weight is 331 g/mol. The van der Waals surface area contributed by atoms with Gasteiger partial charge in [0, 0.05) is 18.5 Å². The third kappa shape index (κ3) is 3.63. The largest absolute Gasteiger partial charge is 0.337 e. The molecular weight excluding hydrogens is 309 g/mol. The highest BCUT2D eigenvalue weighted by atomic mass is 19.1. The maximum Gasteiger partial charge on any atom is 0.249 e. The van der Waals surface area contributed by atoms with Crippen LogP contribution in [0, 0.1) is 11.7 Å². The van der Waals surface area contributed by atoms with E-state index in [1.807, 2.05) is 18.7 Å². The van der Waals surface area contributed by atoms with Crippen molar-refractivity contribution in [1.82, 2.24) is 15.0 Å². The van der Waals surface area contributed by atoms with Crippen LogP contribution in [0.5, 0.6) is 0 Å². The number of aromatic nitrogens is 2. The number of hydrogen-bond acceptors (Lipinski definition) is 4. The van der Waals surface area contributed by atoms with E-state index >= 15 is 0 Å². The van der Waals surface area contributed by atoms with E-state index < -0.39 is 0 Å². The summed E-state index contributed by atoms with van der Waals surface area (Å²) in [5.74, 6) is 1.03. The molecular formula is C18H22FN3O2. The molecule has 128 valence electrons. The third-order valence-corrected chi connectivity index (χ3v) is 4.24. The lowest BCUT2D eigenvalue weighted by atomic mass is 10.00. The quantitative estimate of drug-likeness (QED) is 0.850. The summed E-state index contributed by atoms with van der Waals surface area (Å²) < 4.78 is 18.5. The second-order valence-electron chi connectivity index (χ2n) is 6.66. The van der Waals surface area contributed by atoms with Gasteiger partial charge in [0.2, 0.25) is 17.6 Å². The first-order chi connectivity index (χ1) is 11.5. The van der Waals surface area contributed by atoms with Crippen LogP contribution in [0.3, 0.4) is 0 Å². The summed E-state index contributed by atoms with van der Waals surface area (Å²) in [6.45, 7) is 4.80. The van der Waals surface area contributed by atoms with Gasteiger partial charge in [-0.2, -0.15) is 4.98 Å². The highest BCUT2D eigenvalue weighted by Gasteiger charge is 2.32. The minimum absolute atomic E-state index is 0.135. The fourth-order valence-electron chi connectivity index (χ4n) is 3.04. The molecule has 1 saturated heterocycles. The fraction of sp³-hybridized carbons (Fsp3) is 0.500. The van der Waals surface area contributed by atoms with E-state index in [9.17, 15) is 9.18 Å². The van der Waals surface area contributed by atoms with E-state index in [2.05, 4.69) is 10.1 Å². The molecule has 0 aliphatic carbocycles. The average Bonchev–Trinajstić information content (AvgIpc) is 3.05. The molecule has 0 unspecified atom stereocenters. The summed E-state index contributed by atoms with van der Waals surface area (Å²) in [6, 6.07) is 5.81. The third-order valence-electron chi connectivity index (χ3n) is 4.24. The van der Waals surface area contributed by atoms with E-state index in [1.165, 1.54) is 12.1 Å². The zero-order valence-corrected chi connectivity index (χ0v) is 14.0. The molecule has 0 radical (unpaired) electrons. The van der Waals surface area contributed by atoms with Gasteiger partial charge in [-0.3, -0.25) is 4.79 Å². The van der Waals surface area contributed by atoms with E-state index in [-0.39, 0.29) is 17.8 Å². The maximum atomic E-state index is 13.0. The number of nitrogens with zero attached hydrogens (tertiary/aromatic N) is 3. The normalized spacial score (nSPS) is 18.2. The van der Waals surface area contributed by atoms with Crippen LogP contribution in [0.2, 0.25) is 0 Å². The Bertz CT molecular complexity index is 697. The minimum Gasteiger partial charge on any atom is -0.337 e. The fourth-order valence-corrected chi connectivity index (χ4v) is 3.04. The Labute approximate surface area is 140 Å². The topological polar surface area (TPSA) is 59.2 Å². The molecule has 5 nitrogen and oxygen atoms in total. The van der Waals surface area contributed by atoms with Crippen molar-refractivity contribution in [3.63, 3.8) is 0 Å². The lowest BCUT2D eigenvalue weighted by Crippen LogP contribution is -2.39. The van der Waals surface area contributed by atoms with Gasteiger partial charge in [0.15, 0.2) is 0 Å². The molecule has 24 heavy (non-hydrogen) atoms. The van der Waals surface area contributed by atoms with Crippen LogP contribution in [0.4, 0.5) is 4.39 Å². The smallest absolute Gasteiger partial charge is 0.249 e. The molecule has 1 atom stereocenters. The van der Waals surface area contributed by atoms with Crippen LogP contribution in [-0.4, -0.2) is 27.5 Å². The highest BCUT2D eigenvalue weighted by Crippen LogP contribution is 2.32. The number of carbonyl (C=O) groups is 1. The van der Waals surface area contributed by atoms with Gasteiger partial charge >= 0.3 is 0 Å². The van der Waals surface area contributed by atoms with E-state index in [0.717, 1.165) is 25.8 Å². The van der Waals surface area contributed by atoms with Gasteiger partial charge in [0.05, 0.1) is 0 Å². The van der Waals surface area contributed by atoms with Crippen LogP contribution in [-0.2, 0) is 4.79 Å². The van der Waals surface area contributed by atoms with E-state index in [0.29, 0.717) is 29.6 Å². The molecule has 1 aliphatic heterocycles. The second kappa shape index (κ2) is 7.11. The first kappa shape index (κ1) is 16.6. The lowest BCUT2D eigenvalue weighted by molar-refractivity contribution is -0.136. The number of piperidine rings is 1. The summed E-state index contributed by atoms with van der Waals surface area (Å²) in [7, 11) is 0. The first-order valence-electron chi connectivity index (χ1n) is 8.43. The number of hydrogen-bond donors (Lipinski definition) is 0. The van der Waals surface area contributed by atoms with Crippen molar-refractivity contribution in [3.8, 4) is 11.4 Å². The molecule has 1 aromatic carbocycles. The number of likely N-dealkylation sites (tertiary alicyclic amines) is 1. The van der Waals surface area contributed by atoms with Crippen molar-refractivity contribution in [2.24, 2.45) is 5.92 Å². The molecule has 3 rings (SSSR count).